The van der Waals surface area contributed by atoms with Crippen LogP contribution in [0.15, 0.2) is 54.6 Å². The number of halogens is 1. The van der Waals surface area contributed by atoms with Gasteiger partial charge in [-0.3, -0.25) is 10.1 Å². The van der Waals surface area contributed by atoms with E-state index in [1.54, 1.807) is 19.2 Å². The molecule has 0 saturated heterocycles. The Morgan fingerprint density at radius 2 is 1.80 bits per heavy atom. The minimum atomic E-state index is -0.435. The first-order valence-corrected chi connectivity index (χ1v) is 9.79. The lowest BCUT2D eigenvalue weighted by Crippen LogP contribution is -2.04. The minimum absolute atomic E-state index is 0.0371. The molecule has 0 atom stereocenters. The van der Waals surface area contributed by atoms with Gasteiger partial charge in [0.2, 0.25) is 0 Å². The molecular weight excluding hydrogens is 404 g/mol. The molecule has 30 heavy (non-hydrogen) atoms. The number of nitro groups is 1. The van der Waals surface area contributed by atoms with E-state index in [0.29, 0.717) is 23.1 Å². The van der Waals surface area contributed by atoms with Crippen molar-refractivity contribution in [2.75, 3.05) is 12.4 Å². The predicted molar refractivity (Wildman–Crippen MR) is 119 cm³/mol. The van der Waals surface area contributed by atoms with Crippen molar-refractivity contribution in [2.45, 2.75) is 27.0 Å². The van der Waals surface area contributed by atoms with Crippen LogP contribution in [0.1, 0.15) is 22.3 Å². The highest BCUT2D eigenvalue weighted by Gasteiger charge is 2.13. The standard InChI is InChI=1S/C23H23ClN2O4/c1-15-5-4-6-21(16(15)2)25-13-18-11-20(24)23(22(12-18)29-3)30-14-17-7-9-19(10-8-17)26(27)28/h4-12,25H,13-14H2,1-3H3. The maximum Gasteiger partial charge on any atom is 0.269 e. The monoisotopic (exact) mass is 426 g/mol. The molecule has 0 radical (unpaired) electrons. The van der Waals surface area contributed by atoms with Gasteiger partial charge in [-0.25, -0.2) is 0 Å². The number of anilines is 1. The zero-order valence-corrected chi connectivity index (χ0v) is 17.8. The number of ether oxygens (including phenoxy) is 2. The van der Waals surface area contributed by atoms with Crippen LogP contribution in [0.25, 0.3) is 0 Å². The molecule has 0 fully saturated rings. The molecule has 0 aliphatic carbocycles. The lowest BCUT2D eigenvalue weighted by Gasteiger charge is -2.16. The van der Waals surface area contributed by atoms with Crippen molar-refractivity contribution >= 4 is 23.0 Å². The molecule has 0 bridgehead atoms. The first-order chi connectivity index (χ1) is 14.4. The Kier molecular flexibility index (Phi) is 6.79. The largest absolute Gasteiger partial charge is 0.493 e. The molecule has 156 valence electrons. The Bertz CT molecular complexity index is 1050. The molecule has 0 aliphatic heterocycles. The van der Waals surface area contributed by atoms with Gasteiger partial charge in [-0.15, -0.1) is 0 Å². The highest BCUT2D eigenvalue weighted by atomic mass is 35.5. The maximum absolute atomic E-state index is 10.8. The number of benzene rings is 3. The van der Waals surface area contributed by atoms with E-state index in [-0.39, 0.29) is 12.3 Å². The van der Waals surface area contributed by atoms with Crippen LogP contribution in [0.5, 0.6) is 11.5 Å². The third-order valence-corrected chi connectivity index (χ3v) is 5.19. The van der Waals surface area contributed by atoms with E-state index < -0.39 is 4.92 Å². The second kappa shape index (κ2) is 9.50. The average Bonchev–Trinajstić information content (AvgIpc) is 2.74. The highest BCUT2D eigenvalue weighted by molar-refractivity contribution is 6.32. The SMILES string of the molecule is COc1cc(CNc2cccc(C)c2C)cc(Cl)c1OCc1ccc([N+](=O)[O-])cc1. The van der Waals surface area contributed by atoms with Crippen molar-refractivity contribution in [3.63, 3.8) is 0 Å². The summed E-state index contributed by atoms with van der Waals surface area (Å²) in [6.45, 7) is 4.97. The van der Waals surface area contributed by atoms with Gasteiger partial charge in [0.05, 0.1) is 17.1 Å². The number of nitrogens with zero attached hydrogens (tertiary/aromatic N) is 1. The lowest BCUT2D eigenvalue weighted by atomic mass is 10.1. The van der Waals surface area contributed by atoms with E-state index in [1.807, 2.05) is 24.3 Å². The zero-order valence-electron chi connectivity index (χ0n) is 17.1. The molecule has 0 aliphatic rings. The number of hydrogen-bond donors (Lipinski definition) is 1. The van der Waals surface area contributed by atoms with Crippen molar-refractivity contribution in [1.29, 1.82) is 0 Å². The maximum atomic E-state index is 10.8. The number of non-ortho nitro benzene ring substituents is 1. The molecule has 0 amide bonds. The quantitative estimate of drug-likeness (QED) is 0.350. The minimum Gasteiger partial charge on any atom is -0.493 e. The Hall–Kier alpha value is -3.25. The van der Waals surface area contributed by atoms with Crippen molar-refractivity contribution in [3.05, 3.63) is 92.0 Å². The van der Waals surface area contributed by atoms with Gasteiger partial charge in [-0.1, -0.05) is 23.7 Å². The third kappa shape index (κ3) is 5.02. The van der Waals surface area contributed by atoms with E-state index in [9.17, 15) is 10.1 Å². The van der Waals surface area contributed by atoms with E-state index in [1.165, 1.54) is 23.3 Å². The smallest absolute Gasteiger partial charge is 0.269 e. The fourth-order valence-electron chi connectivity index (χ4n) is 3.02. The Morgan fingerprint density at radius 3 is 2.47 bits per heavy atom. The normalized spacial score (nSPS) is 10.5. The Morgan fingerprint density at radius 1 is 1.07 bits per heavy atom. The van der Waals surface area contributed by atoms with Crippen molar-refractivity contribution < 1.29 is 14.4 Å². The summed E-state index contributed by atoms with van der Waals surface area (Å²) >= 11 is 6.46. The lowest BCUT2D eigenvalue weighted by molar-refractivity contribution is -0.384. The average molecular weight is 427 g/mol. The summed E-state index contributed by atoms with van der Waals surface area (Å²) < 4.78 is 11.3. The molecular formula is C23H23ClN2O4. The van der Waals surface area contributed by atoms with Gasteiger partial charge in [0.1, 0.15) is 6.61 Å². The first-order valence-electron chi connectivity index (χ1n) is 9.41. The van der Waals surface area contributed by atoms with Crippen LogP contribution >= 0.6 is 11.6 Å². The molecule has 0 saturated carbocycles. The number of rotatable bonds is 8. The first kappa shape index (κ1) is 21.5. The summed E-state index contributed by atoms with van der Waals surface area (Å²) in [5, 5.41) is 14.6. The fraction of sp³-hybridized carbons (Fsp3) is 0.217. The predicted octanol–water partition coefficient (Wildman–Crippen LogP) is 6.06. The van der Waals surface area contributed by atoms with Gasteiger partial charge >= 0.3 is 0 Å². The van der Waals surface area contributed by atoms with Crippen LogP contribution in [0.3, 0.4) is 0 Å². The van der Waals surface area contributed by atoms with Gasteiger partial charge < -0.3 is 14.8 Å². The van der Waals surface area contributed by atoms with E-state index in [4.69, 9.17) is 21.1 Å². The second-order valence-electron chi connectivity index (χ2n) is 6.92. The molecule has 0 heterocycles. The molecule has 0 unspecified atom stereocenters. The van der Waals surface area contributed by atoms with Crippen LogP contribution in [0, 0.1) is 24.0 Å². The van der Waals surface area contributed by atoms with Crippen molar-refractivity contribution in [1.82, 2.24) is 0 Å². The summed E-state index contributed by atoms with van der Waals surface area (Å²) in [6, 6.07) is 16.1. The van der Waals surface area contributed by atoms with Gasteiger partial charge in [-0.05, 0) is 66.4 Å². The third-order valence-electron chi connectivity index (χ3n) is 4.91. The van der Waals surface area contributed by atoms with E-state index in [2.05, 4.69) is 25.2 Å². The Labute approximate surface area is 180 Å². The molecule has 1 N–H and O–H groups in total. The zero-order chi connectivity index (χ0) is 21.7. The number of nitrogens with one attached hydrogen (secondary N) is 1. The van der Waals surface area contributed by atoms with Gasteiger partial charge in [0.25, 0.3) is 5.69 Å². The molecule has 3 rings (SSSR count). The van der Waals surface area contributed by atoms with Crippen molar-refractivity contribution in [2.24, 2.45) is 0 Å². The van der Waals surface area contributed by atoms with Gasteiger partial charge in [0, 0.05) is 24.4 Å². The Balaban J connectivity index is 1.72. The number of methoxy groups -OCH3 is 1. The van der Waals surface area contributed by atoms with Crippen LogP contribution in [0.4, 0.5) is 11.4 Å². The molecule has 0 spiro atoms. The summed E-state index contributed by atoms with van der Waals surface area (Å²) in [4.78, 5) is 10.3. The van der Waals surface area contributed by atoms with Gasteiger partial charge in [0.15, 0.2) is 11.5 Å². The van der Waals surface area contributed by atoms with E-state index in [0.717, 1.165) is 16.8 Å². The molecule has 6 nitrogen and oxygen atoms in total. The fourth-order valence-corrected chi connectivity index (χ4v) is 3.31. The summed E-state index contributed by atoms with van der Waals surface area (Å²) in [7, 11) is 1.56. The molecule has 7 heteroatoms. The van der Waals surface area contributed by atoms with E-state index >= 15 is 0 Å². The van der Waals surface area contributed by atoms with Crippen LogP contribution in [-0.2, 0) is 13.2 Å². The molecule has 3 aromatic rings. The summed E-state index contributed by atoms with van der Waals surface area (Å²) in [6.07, 6.45) is 0. The van der Waals surface area contributed by atoms with Crippen molar-refractivity contribution in [3.8, 4) is 11.5 Å². The van der Waals surface area contributed by atoms with Gasteiger partial charge in [-0.2, -0.15) is 0 Å². The van der Waals surface area contributed by atoms with Crippen LogP contribution in [0.2, 0.25) is 5.02 Å². The number of hydrogen-bond acceptors (Lipinski definition) is 5. The second-order valence-corrected chi connectivity index (χ2v) is 7.33. The number of aryl methyl sites for hydroxylation is 1. The summed E-state index contributed by atoms with van der Waals surface area (Å²) in [5.41, 5.74) is 5.29. The summed E-state index contributed by atoms with van der Waals surface area (Å²) in [5.74, 6) is 0.968. The van der Waals surface area contributed by atoms with Crippen LogP contribution < -0.4 is 14.8 Å². The topological polar surface area (TPSA) is 73.6 Å². The molecule has 3 aromatic carbocycles. The number of nitro benzene ring substituents is 1. The molecule has 0 aromatic heterocycles. The highest BCUT2D eigenvalue weighted by Crippen LogP contribution is 2.37. The van der Waals surface area contributed by atoms with Crippen LogP contribution in [-0.4, -0.2) is 12.0 Å².